The van der Waals surface area contributed by atoms with Crippen molar-refractivity contribution < 1.29 is 4.79 Å². The largest absolute Gasteiger partial charge is 0.369 e. The molecule has 0 aliphatic heterocycles. The van der Waals surface area contributed by atoms with E-state index < -0.39 is 0 Å². The molecule has 0 atom stereocenters. The second-order valence-corrected chi connectivity index (χ2v) is 6.61. The van der Waals surface area contributed by atoms with Crippen molar-refractivity contribution in [3.05, 3.63) is 40.9 Å². The van der Waals surface area contributed by atoms with Crippen LogP contribution in [0.5, 0.6) is 0 Å². The molecule has 4 nitrogen and oxygen atoms in total. The third-order valence-corrected chi connectivity index (χ3v) is 3.61. The van der Waals surface area contributed by atoms with Crippen molar-refractivity contribution in [2.45, 2.75) is 32.6 Å². The first-order valence-electron chi connectivity index (χ1n) is 6.45. The molecule has 2 aromatic rings. The number of nitrogens with two attached hydrogens (primary N) is 1. The van der Waals surface area contributed by atoms with Crippen LogP contribution in [-0.2, 0) is 16.6 Å². The number of thiazole rings is 1. The van der Waals surface area contributed by atoms with Crippen LogP contribution >= 0.6 is 11.3 Å². The minimum atomic E-state index is -0.319. The number of anilines is 2. The van der Waals surface area contributed by atoms with Gasteiger partial charge in [0, 0.05) is 16.5 Å². The van der Waals surface area contributed by atoms with E-state index in [2.05, 4.69) is 36.5 Å². The van der Waals surface area contributed by atoms with Gasteiger partial charge in [0.15, 0.2) is 5.13 Å². The Hall–Kier alpha value is -1.88. The van der Waals surface area contributed by atoms with Crippen LogP contribution in [0, 0.1) is 0 Å². The van der Waals surface area contributed by atoms with E-state index in [0.29, 0.717) is 0 Å². The fraction of sp³-hybridized carbons (Fsp3) is 0.333. The molecule has 0 radical (unpaired) electrons. The lowest BCUT2D eigenvalue weighted by molar-refractivity contribution is -0.117. The number of carbonyl (C=O) groups is 1. The molecule has 0 saturated carbocycles. The topological polar surface area (TPSA) is 68.0 Å². The Kier molecular flexibility index (Phi) is 4.09. The Bertz CT molecular complexity index is 596. The van der Waals surface area contributed by atoms with Crippen LogP contribution in [0.4, 0.5) is 10.8 Å². The summed E-state index contributed by atoms with van der Waals surface area (Å²) in [6.07, 6.45) is 0.270. The van der Waals surface area contributed by atoms with Gasteiger partial charge in [-0.3, -0.25) is 4.79 Å². The molecular weight excluding hydrogens is 270 g/mol. The van der Waals surface area contributed by atoms with E-state index in [0.717, 1.165) is 22.1 Å². The fourth-order valence-corrected chi connectivity index (χ4v) is 2.66. The van der Waals surface area contributed by atoms with Gasteiger partial charge in [0.2, 0.25) is 5.91 Å². The van der Waals surface area contributed by atoms with Gasteiger partial charge in [-0.25, -0.2) is 4.98 Å². The van der Waals surface area contributed by atoms with Crippen molar-refractivity contribution in [3.63, 3.8) is 0 Å². The number of rotatable bonds is 4. The zero-order valence-corrected chi connectivity index (χ0v) is 12.8. The molecule has 20 heavy (non-hydrogen) atoms. The molecule has 0 aliphatic rings. The van der Waals surface area contributed by atoms with E-state index in [9.17, 15) is 4.79 Å². The lowest BCUT2D eigenvalue weighted by atomic mass is 9.93. The molecule has 1 amide bonds. The van der Waals surface area contributed by atoms with Gasteiger partial charge in [0.1, 0.15) is 0 Å². The molecule has 1 heterocycles. The average Bonchev–Trinajstić information content (AvgIpc) is 2.79. The summed E-state index contributed by atoms with van der Waals surface area (Å²) in [7, 11) is 0. The third-order valence-electron chi connectivity index (χ3n) is 2.86. The van der Waals surface area contributed by atoms with Crippen LogP contribution < -0.4 is 11.1 Å². The highest BCUT2D eigenvalue weighted by molar-refractivity contribution is 7.13. The van der Waals surface area contributed by atoms with E-state index in [1.165, 1.54) is 0 Å². The Balaban J connectivity index is 2.06. The van der Waals surface area contributed by atoms with Crippen molar-refractivity contribution in [1.82, 2.24) is 4.98 Å². The standard InChI is InChI=1S/C15H19N3OS/c1-15(2,3)12-9-20-14(18-12)17-11-6-4-10(5-7-11)8-13(16)19/h4-7,9H,8H2,1-3H3,(H2,16,19)(H,17,18). The highest BCUT2D eigenvalue weighted by Gasteiger charge is 2.17. The van der Waals surface area contributed by atoms with Gasteiger partial charge >= 0.3 is 0 Å². The summed E-state index contributed by atoms with van der Waals surface area (Å²) in [6.45, 7) is 6.43. The lowest BCUT2D eigenvalue weighted by Crippen LogP contribution is -2.13. The average molecular weight is 289 g/mol. The molecule has 0 fully saturated rings. The molecule has 0 unspecified atom stereocenters. The van der Waals surface area contributed by atoms with Gasteiger partial charge < -0.3 is 11.1 Å². The maximum Gasteiger partial charge on any atom is 0.221 e. The summed E-state index contributed by atoms with van der Waals surface area (Å²) in [5.74, 6) is -0.319. The van der Waals surface area contributed by atoms with Gasteiger partial charge in [-0.1, -0.05) is 32.9 Å². The van der Waals surface area contributed by atoms with Gasteiger partial charge in [0.05, 0.1) is 12.1 Å². The predicted molar refractivity (Wildman–Crippen MR) is 83.4 cm³/mol. The van der Waals surface area contributed by atoms with Crippen molar-refractivity contribution in [2.24, 2.45) is 5.73 Å². The molecule has 0 spiro atoms. The molecule has 0 aliphatic carbocycles. The summed E-state index contributed by atoms with van der Waals surface area (Å²) in [6, 6.07) is 7.64. The number of aromatic nitrogens is 1. The summed E-state index contributed by atoms with van der Waals surface area (Å²) in [5.41, 5.74) is 8.17. The molecule has 1 aromatic carbocycles. The molecule has 3 N–H and O–H groups in total. The number of hydrogen-bond donors (Lipinski definition) is 2. The highest BCUT2D eigenvalue weighted by atomic mass is 32.1. The zero-order chi connectivity index (χ0) is 14.8. The van der Waals surface area contributed by atoms with E-state index in [1.807, 2.05) is 24.3 Å². The third kappa shape index (κ3) is 3.81. The van der Waals surface area contributed by atoms with Gasteiger partial charge in [-0.15, -0.1) is 11.3 Å². The molecule has 0 bridgehead atoms. The summed E-state index contributed by atoms with van der Waals surface area (Å²) >= 11 is 1.59. The monoisotopic (exact) mass is 289 g/mol. The molecular formula is C15H19N3OS. The minimum Gasteiger partial charge on any atom is -0.369 e. The van der Waals surface area contributed by atoms with E-state index >= 15 is 0 Å². The number of hydrogen-bond acceptors (Lipinski definition) is 4. The fourth-order valence-electron chi connectivity index (χ4n) is 1.71. The van der Waals surface area contributed by atoms with Crippen LogP contribution in [0.2, 0.25) is 0 Å². The summed E-state index contributed by atoms with van der Waals surface area (Å²) in [5, 5.41) is 6.21. The number of primary amides is 1. The van der Waals surface area contributed by atoms with Crippen molar-refractivity contribution in [3.8, 4) is 0 Å². The second kappa shape index (κ2) is 5.63. The smallest absolute Gasteiger partial charge is 0.221 e. The maximum atomic E-state index is 10.8. The maximum absolute atomic E-state index is 10.8. The number of nitrogens with zero attached hydrogens (tertiary/aromatic N) is 1. The van der Waals surface area contributed by atoms with Gasteiger partial charge in [-0.2, -0.15) is 0 Å². The normalized spacial score (nSPS) is 11.3. The molecule has 1 aromatic heterocycles. The second-order valence-electron chi connectivity index (χ2n) is 5.75. The Labute approximate surface area is 123 Å². The van der Waals surface area contributed by atoms with Crippen molar-refractivity contribution >= 4 is 28.1 Å². The van der Waals surface area contributed by atoms with Crippen LogP contribution in [0.15, 0.2) is 29.6 Å². The first-order chi connectivity index (χ1) is 9.34. The SMILES string of the molecule is CC(C)(C)c1csc(Nc2ccc(CC(N)=O)cc2)n1. The van der Waals surface area contributed by atoms with Crippen molar-refractivity contribution in [1.29, 1.82) is 0 Å². The van der Waals surface area contributed by atoms with E-state index in [1.54, 1.807) is 11.3 Å². The quantitative estimate of drug-likeness (QED) is 0.908. The first-order valence-corrected chi connectivity index (χ1v) is 7.33. The molecule has 2 rings (SSSR count). The lowest BCUT2D eigenvalue weighted by Gasteiger charge is -2.14. The van der Waals surface area contributed by atoms with E-state index in [4.69, 9.17) is 5.73 Å². The number of nitrogens with one attached hydrogen (secondary N) is 1. The Morgan fingerprint density at radius 2 is 1.95 bits per heavy atom. The highest BCUT2D eigenvalue weighted by Crippen LogP contribution is 2.28. The number of carbonyl (C=O) groups excluding carboxylic acids is 1. The summed E-state index contributed by atoms with van der Waals surface area (Å²) < 4.78 is 0. The minimum absolute atomic E-state index is 0.0573. The van der Waals surface area contributed by atoms with Crippen LogP contribution in [0.25, 0.3) is 0 Å². The van der Waals surface area contributed by atoms with Crippen LogP contribution in [0.3, 0.4) is 0 Å². The number of amides is 1. The van der Waals surface area contributed by atoms with Crippen LogP contribution in [-0.4, -0.2) is 10.9 Å². The molecule has 106 valence electrons. The van der Waals surface area contributed by atoms with Crippen molar-refractivity contribution in [2.75, 3.05) is 5.32 Å². The first kappa shape index (κ1) is 14.5. The van der Waals surface area contributed by atoms with Gasteiger partial charge in [0.25, 0.3) is 0 Å². The number of benzene rings is 1. The summed E-state index contributed by atoms with van der Waals surface area (Å²) in [4.78, 5) is 15.4. The van der Waals surface area contributed by atoms with Crippen LogP contribution in [0.1, 0.15) is 32.0 Å². The van der Waals surface area contributed by atoms with Gasteiger partial charge in [-0.05, 0) is 17.7 Å². The zero-order valence-electron chi connectivity index (χ0n) is 11.9. The predicted octanol–water partition coefficient (Wildman–Crippen LogP) is 3.21. The Morgan fingerprint density at radius 3 is 2.45 bits per heavy atom. The molecule has 5 heteroatoms. The Morgan fingerprint density at radius 1 is 1.30 bits per heavy atom. The van der Waals surface area contributed by atoms with E-state index in [-0.39, 0.29) is 17.7 Å². The molecule has 0 saturated heterocycles.